The van der Waals surface area contributed by atoms with Crippen molar-refractivity contribution in [3.8, 4) is 0 Å². The van der Waals surface area contributed by atoms with E-state index in [9.17, 15) is 21.6 Å². The van der Waals surface area contributed by atoms with E-state index in [-0.39, 0.29) is 5.65 Å². The monoisotopic (exact) mass is 296 g/mol. The number of hydrogen-bond donors (Lipinski definition) is 0. The lowest BCUT2D eigenvalue weighted by Gasteiger charge is -2.04. The van der Waals surface area contributed by atoms with E-state index >= 15 is 0 Å². The molecule has 98 valence electrons. The fourth-order valence-corrected chi connectivity index (χ4v) is 3.80. The number of thiazole rings is 1. The first kappa shape index (κ1) is 13.2. The van der Waals surface area contributed by atoms with E-state index in [0.29, 0.717) is 16.0 Å². The molecule has 2 rings (SSSR count). The second kappa shape index (κ2) is 4.16. The molecule has 0 saturated carbocycles. The van der Waals surface area contributed by atoms with Crippen molar-refractivity contribution in [2.24, 2.45) is 0 Å². The van der Waals surface area contributed by atoms with Crippen LogP contribution in [0, 0.1) is 6.92 Å². The number of aromatic nitrogens is 2. The number of pyridine rings is 1. The normalized spacial score (nSPS) is 13.1. The predicted molar refractivity (Wildman–Crippen MR) is 60.3 cm³/mol. The second-order valence-corrected chi connectivity index (χ2v) is 6.88. The van der Waals surface area contributed by atoms with Crippen LogP contribution in [0.1, 0.15) is 5.56 Å². The predicted octanol–water partition coefficient (Wildman–Crippen LogP) is 2.34. The first-order valence-electron chi connectivity index (χ1n) is 4.70. The Kier molecular flexibility index (Phi) is 3.06. The molecule has 0 unspecified atom stereocenters. The van der Waals surface area contributed by atoms with E-state index in [4.69, 9.17) is 0 Å². The highest BCUT2D eigenvalue weighted by molar-refractivity contribution is 7.93. The quantitative estimate of drug-likeness (QED) is 0.853. The Labute approximate surface area is 104 Å². The van der Waals surface area contributed by atoms with Crippen molar-refractivity contribution in [3.05, 3.63) is 17.8 Å². The van der Waals surface area contributed by atoms with E-state index in [2.05, 4.69) is 9.97 Å². The number of hydrogen-bond acceptors (Lipinski definition) is 5. The molecule has 0 saturated heterocycles. The summed E-state index contributed by atoms with van der Waals surface area (Å²) in [4.78, 5) is 7.49. The molecule has 0 aliphatic rings. The summed E-state index contributed by atoms with van der Waals surface area (Å²) in [5, 5.41) is 0. The Morgan fingerprint density at radius 3 is 2.67 bits per heavy atom. The first-order valence-corrected chi connectivity index (χ1v) is 7.17. The average molecular weight is 296 g/mol. The fourth-order valence-electron chi connectivity index (χ4n) is 1.31. The van der Waals surface area contributed by atoms with Crippen molar-refractivity contribution >= 4 is 31.5 Å². The number of sulfone groups is 1. The molecular formula is C9H7F3N2O2S2. The van der Waals surface area contributed by atoms with E-state index in [1.54, 1.807) is 13.0 Å². The van der Waals surface area contributed by atoms with Crippen LogP contribution >= 0.6 is 11.3 Å². The summed E-state index contributed by atoms with van der Waals surface area (Å²) in [6.45, 7) is 1.75. The minimum Gasteiger partial charge on any atom is -0.236 e. The summed E-state index contributed by atoms with van der Waals surface area (Å²) in [6.07, 6.45) is -3.30. The van der Waals surface area contributed by atoms with Gasteiger partial charge in [-0.25, -0.2) is 18.4 Å². The van der Waals surface area contributed by atoms with Gasteiger partial charge in [0.1, 0.15) is 0 Å². The molecule has 0 aliphatic heterocycles. The molecule has 2 heterocycles. The lowest BCUT2D eigenvalue weighted by molar-refractivity contribution is -0.106. The summed E-state index contributed by atoms with van der Waals surface area (Å²) in [5.41, 5.74) is 0.928. The Morgan fingerprint density at radius 1 is 1.39 bits per heavy atom. The third-order valence-corrected chi connectivity index (χ3v) is 5.11. The van der Waals surface area contributed by atoms with Gasteiger partial charge in [-0.05, 0) is 18.6 Å². The minimum absolute atomic E-state index is 0.145. The van der Waals surface area contributed by atoms with E-state index in [1.165, 1.54) is 6.20 Å². The van der Waals surface area contributed by atoms with E-state index in [0.717, 1.165) is 5.56 Å². The molecule has 0 bridgehead atoms. The van der Waals surface area contributed by atoms with Crippen LogP contribution in [0.2, 0.25) is 0 Å². The van der Waals surface area contributed by atoms with Crippen molar-refractivity contribution in [1.82, 2.24) is 9.97 Å². The van der Waals surface area contributed by atoms with Crippen LogP contribution in [0.4, 0.5) is 13.2 Å². The van der Waals surface area contributed by atoms with Gasteiger partial charge in [-0.2, -0.15) is 13.2 Å². The highest BCUT2D eigenvalue weighted by atomic mass is 32.2. The van der Waals surface area contributed by atoms with Gasteiger partial charge in [0, 0.05) is 6.20 Å². The highest BCUT2D eigenvalue weighted by Crippen LogP contribution is 2.28. The lowest BCUT2D eigenvalue weighted by atomic mass is 10.3. The number of alkyl halides is 3. The summed E-state index contributed by atoms with van der Waals surface area (Å²) < 4.78 is 59.3. The van der Waals surface area contributed by atoms with Crippen LogP contribution in [0.5, 0.6) is 0 Å². The summed E-state index contributed by atoms with van der Waals surface area (Å²) in [7, 11) is -4.45. The fraction of sp³-hybridized carbons (Fsp3) is 0.333. The van der Waals surface area contributed by atoms with Crippen LogP contribution in [0.25, 0.3) is 10.3 Å². The van der Waals surface area contributed by atoms with Gasteiger partial charge in [-0.3, -0.25) is 0 Å². The number of rotatable bonds is 2. The molecule has 0 aliphatic carbocycles. The minimum atomic E-state index is -4.78. The molecule has 2 aromatic heterocycles. The average Bonchev–Trinajstić information content (AvgIpc) is 2.57. The second-order valence-electron chi connectivity index (χ2n) is 3.69. The van der Waals surface area contributed by atoms with Crippen LogP contribution in [0.3, 0.4) is 0 Å². The van der Waals surface area contributed by atoms with Crippen molar-refractivity contribution in [2.45, 2.75) is 17.4 Å². The van der Waals surface area contributed by atoms with Crippen LogP contribution < -0.4 is 0 Å². The molecule has 0 radical (unpaired) electrons. The van der Waals surface area contributed by atoms with Gasteiger partial charge in [-0.1, -0.05) is 0 Å². The molecule has 9 heteroatoms. The molecule has 2 aromatic rings. The summed E-state index contributed by atoms with van der Waals surface area (Å²) in [6, 6.07) is 1.63. The maximum absolute atomic E-state index is 12.1. The SMILES string of the molecule is Cc1cnc2nc(S(=O)(=O)CC(F)(F)F)sc2c1. The Morgan fingerprint density at radius 2 is 2.06 bits per heavy atom. The molecule has 0 N–H and O–H groups in total. The van der Waals surface area contributed by atoms with E-state index < -0.39 is 26.1 Å². The maximum Gasteiger partial charge on any atom is 0.403 e. The number of fused-ring (bicyclic) bond motifs is 1. The number of aryl methyl sites for hydroxylation is 1. The summed E-state index contributed by atoms with van der Waals surface area (Å²) in [5.74, 6) is -1.90. The topological polar surface area (TPSA) is 59.9 Å². The lowest BCUT2D eigenvalue weighted by Crippen LogP contribution is -2.22. The summed E-state index contributed by atoms with van der Waals surface area (Å²) >= 11 is 0.697. The molecule has 0 atom stereocenters. The van der Waals surface area contributed by atoms with Crippen molar-refractivity contribution in [2.75, 3.05) is 5.75 Å². The van der Waals surface area contributed by atoms with Gasteiger partial charge in [0.2, 0.25) is 14.2 Å². The Bertz CT molecular complexity index is 691. The number of halogens is 3. The van der Waals surface area contributed by atoms with E-state index in [1.807, 2.05) is 0 Å². The smallest absolute Gasteiger partial charge is 0.236 e. The van der Waals surface area contributed by atoms with Crippen molar-refractivity contribution in [1.29, 1.82) is 0 Å². The molecule has 18 heavy (non-hydrogen) atoms. The molecule has 0 aromatic carbocycles. The number of nitrogens with zero attached hydrogens (tertiary/aromatic N) is 2. The zero-order valence-electron chi connectivity index (χ0n) is 9.02. The Balaban J connectivity index is 2.48. The zero-order chi connectivity index (χ0) is 13.6. The molecule has 4 nitrogen and oxygen atoms in total. The molecular weight excluding hydrogens is 289 g/mol. The standard InChI is InChI=1S/C9H7F3N2O2S2/c1-5-2-6-7(13-3-5)14-8(17-6)18(15,16)4-9(10,11)12/h2-3H,4H2,1H3. The zero-order valence-corrected chi connectivity index (χ0v) is 10.7. The highest BCUT2D eigenvalue weighted by Gasteiger charge is 2.37. The van der Waals surface area contributed by atoms with Crippen molar-refractivity contribution in [3.63, 3.8) is 0 Å². The Hall–Kier alpha value is -1.22. The molecule has 0 amide bonds. The van der Waals surface area contributed by atoms with Gasteiger partial charge in [0.05, 0.1) is 4.70 Å². The first-order chi connectivity index (χ1) is 8.17. The van der Waals surface area contributed by atoms with Crippen molar-refractivity contribution < 1.29 is 21.6 Å². The molecule has 0 fully saturated rings. The third kappa shape index (κ3) is 2.78. The molecule has 0 spiro atoms. The van der Waals surface area contributed by atoms with Gasteiger partial charge < -0.3 is 0 Å². The van der Waals surface area contributed by atoms with Gasteiger partial charge in [0.15, 0.2) is 11.4 Å². The largest absolute Gasteiger partial charge is 0.403 e. The van der Waals surface area contributed by atoms with Gasteiger partial charge in [-0.15, -0.1) is 11.3 Å². The third-order valence-electron chi connectivity index (χ3n) is 1.98. The maximum atomic E-state index is 12.1. The van der Waals surface area contributed by atoms with Crippen LogP contribution in [-0.4, -0.2) is 30.3 Å². The van der Waals surface area contributed by atoms with Gasteiger partial charge >= 0.3 is 6.18 Å². The van der Waals surface area contributed by atoms with Crippen LogP contribution in [0.15, 0.2) is 16.6 Å². The van der Waals surface area contributed by atoms with Crippen LogP contribution in [-0.2, 0) is 9.84 Å². The van der Waals surface area contributed by atoms with Gasteiger partial charge in [0.25, 0.3) is 0 Å².